The van der Waals surface area contributed by atoms with Crippen molar-refractivity contribution in [2.24, 2.45) is 5.41 Å². The van der Waals surface area contributed by atoms with E-state index in [9.17, 15) is 0 Å². The fourth-order valence-electron chi connectivity index (χ4n) is 2.89. The van der Waals surface area contributed by atoms with Crippen LogP contribution in [0.2, 0.25) is 0 Å². The molecule has 0 unspecified atom stereocenters. The molecule has 1 aliphatic carbocycles. The first-order chi connectivity index (χ1) is 9.31. The summed E-state index contributed by atoms with van der Waals surface area (Å²) in [6.07, 6.45) is 7.64. The van der Waals surface area contributed by atoms with Gasteiger partial charge in [0, 0.05) is 38.8 Å². The molecule has 0 spiro atoms. The number of hydrogen-bond acceptors (Lipinski definition) is 4. The topological polar surface area (TPSA) is 52.0 Å². The first-order valence-corrected chi connectivity index (χ1v) is 7.49. The van der Waals surface area contributed by atoms with Crippen molar-refractivity contribution in [3.8, 4) is 0 Å². The highest BCUT2D eigenvalue weighted by Crippen LogP contribution is 2.34. The molecule has 5 nitrogen and oxygen atoms in total. The van der Waals surface area contributed by atoms with Crippen molar-refractivity contribution in [1.29, 1.82) is 0 Å². The van der Waals surface area contributed by atoms with Crippen LogP contribution in [0.1, 0.15) is 38.4 Å². The van der Waals surface area contributed by atoms with E-state index in [4.69, 9.17) is 4.74 Å². The quantitative estimate of drug-likeness (QED) is 0.843. The molecule has 5 heteroatoms. The molecule has 0 bridgehead atoms. The van der Waals surface area contributed by atoms with E-state index in [2.05, 4.69) is 22.3 Å². The van der Waals surface area contributed by atoms with Gasteiger partial charge in [0.05, 0.1) is 0 Å². The predicted octanol–water partition coefficient (Wildman–Crippen LogP) is 1.39. The molecule has 1 saturated heterocycles. The minimum atomic E-state index is 0.306. The zero-order valence-corrected chi connectivity index (χ0v) is 11.8. The Balaban J connectivity index is 1.70. The number of nitrogens with zero attached hydrogens (tertiary/aromatic N) is 3. The summed E-state index contributed by atoms with van der Waals surface area (Å²) in [7, 11) is 0. The summed E-state index contributed by atoms with van der Waals surface area (Å²) >= 11 is 0. The molecule has 2 fully saturated rings. The smallest absolute Gasteiger partial charge is 0.138 e. The molecule has 2 aliphatic rings. The molecule has 1 saturated carbocycles. The molecule has 19 heavy (non-hydrogen) atoms. The predicted molar refractivity (Wildman–Crippen MR) is 72.9 cm³/mol. The molecule has 0 aromatic carbocycles. The van der Waals surface area contributed by atoms with Gasteiger partial charge in [-0.1, -0.05) is 0 Å². The van der Waals surface area contributed by atoms with Gasteiger partial charge in [0.15, 0.2) is 0 Å². The molecule has 106 valence electrons. The lowest BCUT2D eigenvalue weighted by atomic mass is 9.77. The molecular weight excluding hydrogens is 240 g/mol. The van der Waals surface area contributed by atoms with E-state index in [1.807, 2.05) is 4.68 Å². The van der Waals surface area contributed by atoms with E-state index >= 15 is 0 Å². The van der Waals surface area contributed by atoms with Gasteiger partial charge in [-0.2, -0.15) is 5.10 Å². The normalized spacial score (nSPS) is 22.6. The van der Waals surface area contributed by atoms with Crippen LogP contribution in [-0.2, 0) is 17.7 Å². The van der Waals surface area contributed by atoms with Gasteiger partial charge in [-0.25, -0.2) is 4.98 Å². The summed E-state index contributed by atoms with van der Waals surface area (Å²) in [6, 6.07) is 0.767. The highest BCUT2D eigenvalue weighted by molar-refractivity contribution is 4.97. The Morgan fingerprint density at radius 3 is 2.89 bits per heavy atom. The van der Waals surface area contributed by atoms with Crippen molar-refractivity contribution in [3.05, 3.63) is 12.2 Å². The second kappa shape index (κ2) is 5.59. The Bertz CT molecular complexity index is 407. The second-order valence-corrected chi connectivity index (χ2v) is 5.94. The largest absolute Gasteiger partial charge is 0.381 e. The first kappa shape index (κ1) is 13.1. The molecule has 1 aromatic rings. The van der Waals surface area contributed by atoms with E-state index in [1.165, 1.54) is 12.8 Å². The van der Waals surface area contributed by atoms with E-state index in [0.717, 1.165) is 57.4 Å². The van der Waals surface area contributed by atoms with Crippen LogP contribution in [0.25, 0.3) is 0 Å². The Morgan fingerprint density at radius 1 is 1.42 bits per heavy atom. The summed E-state index contributed by atoms with van der Waals surface area (Å²) in [5, 5.41) is 8.00. The SMILES string of the molecule is CCn1ncnc1CC1(CNC2CC2)CCOCC1. The van der Waals surface area contributed by atoms with Crippen molar-refractivity contribution in [1.82, 2.24) is 20.1 Å². The minimum Gasteiger partial charge on any atom is -0.381 e. The number of ether oxygens (including phenoxy) is 1. The van der Waals surface area contributed by atoms with Crippen LogP contribution in [-0.4, -0.2) is 40.6 Å². The number of aryl methyl sites for hydroxylation is 1. The zero-order chi connectivity index (χ0) is 13.1. The molecule has 0 amide bonds. The lowest BCUT2D eigenvalue weighted by Gasteiger charge is -2.37. The molecule has 1 N–H and O–H groups in total. The van der Waals surface area contributed by atoms with E-state index in [-0.39, 0.29) is 0 Å². The molecule has 0 radical (unpaired) electrons. The van der Waals surface area contributed by atoms with Crippen molar-refractivity contribution >= 4 is 0 Å². The number of nitrogens with one attached hydrogen (secondary N) is 1. The van der Waals surface area contributed by atoms with Crippen LogP contribution in [0.3, 0.4) is 0 Å². The van der Waals surface area contributed by atoms with Crippen molar-refractivity contribution in [2.75, 3.05) is 19.8 Å². The van der Waals surface area contributed by atoms with E-state index in [0.29, 0.717) is 5.41 Å². The number of rotatable bonds is 6. The monoisotopic (exact) mass is 264 g/mol. The van der Waals surface area contributed by atoms with Crippen LogP contribution in [0, 0.1) is 5.41 Å². The van der Waals surface area contributed by atoms with Crippen molar-refractivity contribution in [3.63, 3.8) is 0 Å². The average molecular weight is 264 g/mol. The van der Waals surface area contributed by atoms with Gasteiger partial charge in [0.25, 0.3) is 0 Å². The third kappa shape index (κ3) is 3.15. The number of hydrogen-bond donors (Lipinski definition) is 1. The third-order valence-electron chi connectivity index (χ3n) is 4.42. The zero-order valence-electron chi connectivity index (χ0n) is 11.8. The molecule has 0 atom stereocenters. The van der Waals surface area contributed by atoms with Gasteiger partial charge in [0.1, 0.15) is 12.2 Å². The highest BCUT2D eigenvalue weighted by atomic mass is 16.5. The van der Waals surface area contributed by atoms with Crippen LogP contribution in [0.4, 0.5) is 0 Å². The summed E-state index contributed by atoms with van der Waals surface area (Å²) in [6.45, 7) is 5.88. The second-order valence-electron chi connectivity index (χ2n) is 5.94. The summed E-state index contributed by atoms with van der Waals surface area (Å²) in [4.78, 5) is 4.45. The minimum absolute atomic E-state index is 0.306. The maximum Gasteiger partial charge on any atom is 0.138 e. The van der Waals surface area contributed by atoms with Gasteiger partial charge in [-0.15, -0.1) is 0 Å². The molecule has 1 aromatic heterocycles. The first-order valence-electron chi connectivity index (χ1n) is 7.49. The Morgan fingerprint density at radius 2 is 2.21 bits per heavy atom. The van der Waals surface area contributed by atoms with Gasteiger partial charge in [-0.3, -0.25) is 4.68 Å². The van der Waals surface area contributed by atoms with E-state index in [1.54, 1.807) is 6.33 Å². The standard InChI is InChI=1S/C14H24N4O/c1-2-18-13(16-11-17-18)9-14(5-7-19-8-6-14)10-15-12-3-4-12/h11-12,15H,2-10H2,1H3. The van der Waals surface area contributed by atoms with Crippen LogP contribution in [0.15, 0.2) is 6.33 Å². The summed E-state index contributed by atoms with van der Waals surface area (Å²) < 4.78 is 7.57. The third-order valence-corrected chi connectivity index (χ3v) is 4.42. The Labute approximate surface area is 114 Å². The lowest BCUT2D eigenvalue weighted by molar-refractivity contribution is 0.0133. The van der Waals surface area contributed by atoms with Crippen molar-refractivity contribution in [2.45, 2.75) is 51.6 Å². The van der Waals surface area contributed by atoms with Crippen LogP contribution in [0.5, 0.6) is 0 Å². The summed E-state index contributed by atoms with van der Waals surface area (Å²) in [5.74, 6) is 1.13. The van der Waals surface area contributed by atoms with Gasteiger partial charge < -0.3 is 10.1 Å². The maximum absolute atomic E-state index is 5.55. The Kier molecular flexibility index (Phi) is 3.84. The van der Waals surface area contributed by atoms with Crippen LogP contribution >= 0.6 is 0 Å². The fourth-order valence-corrected chi connectivity index (χ4v) is 2.89. The maximum atomic E-state index is 5.55. The van der Waals surface area contributed by atoms with Crippen LogP contribution < -0.4 is 5.32 Å². The van der Waals surface area contributed by atoms with Gasteiger partial charge in [-0.05, 0) is 38.0 Å². The highest BCUT2D eigenvalue weighted by Gasteiger charge is 2.35. The molecule has 1 aliphatic heterocycles. The molecule has 3 rings (SSSR count). The van der Waals surface area contributed by atoms with Crippen molar-refractivity contribution < 1.29 is 4.74 Å². The lowest BCUT2D eigenvalue weighted by Crippen LogP contribution is -2.42. The average Bonchev–Trinajstić information content (AvgIpc) is 3.17. The summed E-state index contributed by atoms with van der Waals surface area (Å²) in [5.41, 5.74) is 0.306. The van der Waals surface area contributed by atoms with Gasteiger partial charge in [0.2, 0.25) is 0 Å². The Hall–Kier alpha value is -0.940. The number of aromatic nitrogens is 3. The fraction of sp³-hybridized carbons (Fsp3) is 0.857. The van der Waals surface area contributed by atoms with Gasteiger partial charge >= 0.3 is 0 Å². The molecular formula is C14H24N4O. The van der Waals surface area contributed by atoms with E-state index < -0.39 is 0 Å². The molecule has 2 heterocycles.